The Labute approximate surface area is 137 Å². The van der Waals surface area contributed by atoms with Gasteiger partial charge < -0.3 is 10.0 Å². The van der Waals surface area contributed by atoms with E-state index in [1.54, 1.807) is 12.1 Å². The molecule has 0 saturated carbocycles. The molecular formula is C17H22N2O3S. The van der Waals surface area contributed by atoms with Crippen molar-refractivity contribution < 1.29 is 13.5 Å². The van der Waals surface area contributed by atoms with E-state index in [0.29, 0.717) is 6.42 Å². The highest BCUT2D eigenvalue weighted by atomic mass is 32.2. The normalized spacial score (nSPS) is 11.4. The zero-order valence-electron chi connectivity index (χ0n) is 12.9. The molecule has 124 valence electrons. The minimum absolute atomic E-state index is 0.126. The summed E-state index contributed by atoms with van der Waals surface area (Å²) in [6, 6.07) is 16.7. The van der Waals surface area contributed by atoms with Crippen LogP contribution in [0.5, 0.6) is 0 Å². The lowest BCUT2D eigenvalue weighted by molar-refractivity contribution is 0.289. The van der Waals surface area contributed by atoms with Gasteiger partial charge in [0.25, 0.3) is 0 Å². The van der Waals surface area contributed by atoms with Crippen LogP contribution in [0.1, 0.15) is 12.0 Å². The summed E-state index contributed by atoms with van der Waals surface area (Å²) in [7, 11) is -3.64. The van der Waals surface area contributed by atoms with Gasteiger partial charge in [-0.25, -0.2) is 13.6 Å². The number of hydrogen-bond donors (Lipinski definition) is 2. The van der Waals surface area contributed by atoms with Crippen LogP contribution in [0, 0.1) is 0 Å². The Balaban J connectivity index is 2.03. The topological polar surface area (TPSA) is 83.6 Å². The zero-order chi connectivity index (χ0) is 16.7. The predicted octanol–water partition coefficient (Wildman–Crippen LogP) is 1.77. The largest absolute Gasteiger partial charge is 0.396 e. The van der Waals surface area contributed by atoms with E-state index in [0.717, 1.165) is 30.8 Å². The summed E-state index contributed by atoms with van der Waals surface area (Å²) in [5.74, 6) is 0. The number of benzene rings is 2. The Kier molecular flexibility index (Phi) is 6.15. The monoisotopic (exact) mass is 334 g/mol. The molecular weight excluding hydrogens is 312 g/mol. The molecule has 0 aliphatic heterocycles. The Morgan fingerprint density at radius 1 is 0.957 bits per heavy atom. The molecule has 23 heavy (non-hydrogen) atoms. The molecule has 0 radical (unpaired) electrons. The van der Waals surface area contributed by atoms with Gasteiger partial charge in [0.1, 0.15) is 0 Å². The average Bonchev–Trinajstić information content (AvgIpc) is 2.55. The van der Waals surface area contributed by atoms with Crippen LogP contribution in [0.3, 0.4) is 0 Å². The van der Waals surface area contributed by atoms with Crippen LogP contribution in [-0.2, 0) is 16.4 Å². The van der Waals surface area contributed by atoms with Crippen molar-refractivity contribution in [1.82, 2.24) is 0 Å². The fourth-order valence-corrected chi connectivity index (χ4v) is 2.90. The van der Waals surface area contributed by atoms with Crippen molar-refractivity contribution in [3.8, 4) is 0 Å². The fourth-order valence-electron chi connectivity index (χ4n) is 2.38. The number of rotatable bonds is 8. The average molecular weight is 334 g/mol. The first-order valence-electron chi connectivity index (χ1n) is 7.53. The molecule has 0 atom stereocenters. The number of anilines is 1. The van der Waals surface area contributed by atoms with Crippen molar-refractivity contribution in [2.75, 3.05) is 24.6 Å². The van der Waals surface area contributed by atoms with Gasteiger partial charge in [0.2, 0.25) is 10.0 Å². The molecule has 0 aliphatic rings. The summed E-state index contributed by atoms with van der Waals surface area (Å²) in [6.07, 6.45) is 1.49. The van der Waals surface area contributed by atoms with E-state index in [9.17, 15) is 8.42 Å². The fraction of sp³-hybridized carbons (Fsp3) is 0.294. The van der Waals surface area contributed by atoms with E-state index >= 15 is 0 Å². The molecule has 3 N–H and O–H groups in total. The highest BCUT2D eigenvalue weighted by molar-refractivity contribution is 7.89. The SMILES string of the molecule is NS(=O)(=O)c1ccc(CCN(CCCO)c2ccccc2)cc1. The lowest BCUT2D eigenvalue weighted by Crippen LogP contribution is -2.27. The number of nitrogens with zero attached hydrogens (tertiary/aromatic N) is 1. The summed E-state index contributed by atoms with van der Waals surface area (Å²) >= 11 is 0. The third-order valence-electron chi connectivity index (χ3n) is 3.63. The van der Waals surface area contributed by atoms with Crippen LogP contribution in [-0.4, -0.2) is 33.2 Å². The van der Waals surface area contributed by atoms with E-state index in [-0.39, 0.29) is 11.5 Å². The van der Waals surface area contributed by atoms with Crippen molar-refractivity contribution in [1.29, 1.82) is 0 Å². The Hall–Kier alpha value is -1.89. The van der Waals surface area contributed by atoms with E-state index in [1.165, 1.54) is 12.1 Å². The maximum Gasteiger partial charge on any atom is 0.238 e. The summed E-state index contributed by atoms with van der Waals surface area (Å²) in [4.78, 5) is 2.34. The molecule has 0 bridgehead atoms. The van der Waals surface area contributed by atoms with Crippen molar-refractivity contribution in [2.45, 2.75) is 17.7 Å². The van der Waals surface area contributed by atoms with E-state index < -0.39 is 10.0 Å². The van der Waals surface area contributed by atoms with Crippen molar-refractivity contribution in [3.63, 3.8) is 0 Å². The van der Waals surface area contributed by atoms with Crippen LogP contribution in [0.25, 0.3) is 0 Å². The molecule has 0 amide bonds. The number of sulfonamides is 1. The summed E-state index contributed by atoms with van der Waals surface area (Å²) in [5, 5.41) is 14.2. The first-order chi connectivity index (χ1) is 11.0. The molecule has 5 nitrogen and oxygen atoms in total. The second-order valence-corrected chi connectivity index (χ2v) is 6.90. The molecule has 0 heterocycles. The van der Waals surface area contributed by atoms with Crippen molar-refractivity contribution in [3.05, 3.63) is 60.2 Å². The van der Waals surface area contributed by atoms with Gasteiger partial charge in [0.05, 0.1) is 4.90 Å². The van der Waals surface area contributed by atoms with E-state index in [4.69, 9.17) is 10.2 Å². The van der Waals surface area contributed by atoms with Gasteiger partial charge in [-0.1, -0.05) is 30.3 Å². The van der Waals surface area contributed by atoms with Crippen LogP contribution in [0.15, 0.2) is 59.5 Å². The van der Waals surface area contributed by atoms with Crippen LogP contribution >= 0.6 is 0 Å². The maximum atomic E-state index is 11.3. The minimum Gasteiger partial charge on any atom is -0.396 e. The van der Waals surface area contributed by atoms with Gasteiger partial charge in [-0.05, 0) is 42.7 Å². The van der Waals surface area contributed by atoms with Crippen LogP contribution in [0.2, 0.25) is 0 Å². The summed E-state index contributed by atoms with van der Waals surface area (Å²) in [5.41, 5.74) is 2.16. The molecule has 2 aromatic carbocycles. The molecule has 0 fully saturated rings. The Morgan fingerprint density at radius 3 is 2.17 bits per heavy atom. The van der Waals surface area contributed by atoms with Gasteiger partial charge >= 0.3 is 0 Å². The third-order valence-corrected chi connectivity index (χ3v) is 4.56. The molecule has 0 spiro atoms. The van der Waals surface area contributed by atoms with Gasteiger partial charge in [-0.2, -0.15) is 0 Å². The van der Waals surface area contributed by atoms with Gasteiger partial charge in [0.15, 0.2) is 0 Å². The number of primary sulfonamides is 1. The zero-order valence-corrected chi connectivity index (χ0v) is 13.7. The van der Waals surface area contributed by atoms with E-state index in [2.05, 4.69) is 4.90 Å². The summed E-state index contributed by atoms with van der Waals surface area (Å²) < 4.78 is 22.5. The smallest absolute Gasteiger partial charge is 0.238 e. The predicted molar refractivity (Wildman–Crippen MR) is 91.9 cm³/mol. The number of para-hydroxylation sites is 1. The summed E-state index contributed by atoms with van der Waals surface area (Å²) in [6.45, 7) is 1.72. The highest BCUT2D eigenvalue weighted by Gasteiger charge is 2.09. The standard InChI is InChI=1S/C17H22N2O3S/c18-23(21,22)17-9-7-15(8-10-17)11-13-19(12-4-14-20)16-5-2-1-3-6-16/h1-3,5-10,20H,4,11-14H2,(H2,18,21,22). The molecule has 0 unspecified atom stereocenters. The number of aliphatic hydroxyl groups excluding tert-OH is 1. The third kappa shape index (κ3) is 5.35. The maximum absolute atomic E-state index is 11.3. The van der Waals surface area contributed by atoms with Crippen LogP contribution in [0.4, 0.5) is 5.69 Å². The first kappa shape index (κ1) is 17.5. The molecule has 0 saturated heterocycles. The number of aliphatic hydroxyl groups is 1. The van der Waals surface area contributed by atoms with Crippen molar-refractivity contribution in [2.24, 2.45) is 5.14 Å². The van der Waals surface area contributed by atoms with Gasteiger partial charge in [-0.3, -0.25) is 0 Å². The second-order valence-electron chi connectivity index (χ2n) is 5.34. The quantitative estimate of drug-likeness (QED) is 0.770. The lowest BCUT2D eigenvalue weighted by atomic mass is 10.1. The molecule has 2 rings (SSSR count). The number of hydrogen-bond acceptors (Lipinski definition) is 4. The lowest BCUT2D eigenvalue weighted by Gasteiger charge is -2.24. The first-order valence-corrected chi connectivity index (χ1v) is 9.08. The molecule has 0 aromatic heterocycles. The Bertz CT molecular complexity index is 700. The van der Waals surface area contributed by atoms with Gasteiger partial charge in [-0.15, -0.1) is 0 Å². The minimum atomic E-state index is -3.64. The molecule has 6 heteroatoms. The van der Waals surface area contributed by atoms with Crippen LogP contribution < -0.4 is 10.0 Å². The Morgan fingerprint density at radius 2 is 1.61 bits per heavy atom. The van der Waals surface area contributed by atoms with Gasteiger partial charge in [0, 0.05) is 25.4 Å². The molecule has 0 aliphatic carbocycles. The van der Waals surface area contributed by atoms with E-state index in [1.807, 2.05) is 30.3 Å². The van der Waals surface area contributed by atoms with Crippen molar-refractivity contribution >= 4 is 15.7 Å². The molecule has 2 aromatic rings. The second kappa shape index (κ2) is 8.10. The highest BCUT2D eigenvalue weighted by Crippen LogP contribution is 2.15. The number of nitrogens with two attached hydrogens (primary N) is 1.